The number of hydrogen-bond acceptors (Lipinski definition) is 4. The summed E-state index contributed by atoms with van der Waals surface area (Å²) in [5.74, 6) is 1.17. The van der Waals surface area contributed by atoms with Gasteiger partial charge < -0.3 is 9.47 Å². The minimum absolute atomic E-state index is 0.237. The average molecular weight is 436 g/mol. The highest BCUT2D eigenvalue weighted by Crippen LogP contribution is 2.31. The summed E-state index contributed by atoms with van der Waals surface area (Å²) in [6.07, 6.45) is 1.69. The van der Waals surface area contributed by atoms with Crippen molar-refractivity contribution in [3.8, 4) is 11.5 Å². The molecule has 0 aliphatic carbocycles. The summed E-state index contributed by atoms with van der Waals surface area (Å²) in [7, 11) is 1.58. The molecule has 0 amide bonds. The Balaban J connectivity index is 1.68. The van der Waals surface area contributed by atoms with Crippen molar-refractivity contribution in [2.24, 2.45) is 5.10 Å². The van der Waals surface area contributed by atoms with Crippen LogP contribution in [0.3, 0.4) is 0 Å². The highest BCUT2D eigenvalue weighted by molar-refractivity contribution is 6.36. The fourth-order valence-corrected chi connectivity index (χ4v) is 3.04. The van der Waals surface area contributed by atoms with Crippen molar-refractivity contribution in [2.45, 2.75) is 6.61 Å². The van der Waals surface area contributed by atoms with Crippen LogP contribution >= 0.6 is 34.8 Å². The number of methoxy groups -OCH3 is 1. The molecule has 0 unspecified atom stereocenters. The second-order valence-electron chi connectivity index (χ2n) is 5.78. The first-order valence-electron chi connectivity index (χ1n) is 8.35. The monoisotopic (exact) mass is 434 g/mol. The van der Waals surface area contributed by atoms with E-state index in [9.17, 15) is 0 Å². The van der Waals surface area contributed by atoms with Crippen LogP contribution in [0.4, 0.5) is 5.69 Å². The lowest BCUT2D eigenvalue weighted by molar-refractivity contribution is 0.284. The number of benzene rings is 3. The molecule has 28 heavy (non-hydrogen) atoms. The fourth-order valence-electron chi connectivity index (χ4n) is 2.41. The largest absolute Gasteiger partial charge is 0.493 e. The molecule has 0 spiro atoms. The molecule has 0 aliphatic heterocycles. The van der Waals surface area contributed by atoms with Gasteiger partial charge in [-0.1, -0.05) is 40.9 Å². The normalized spacial score (nSPS) is 10.9. The van der Waals surface area contributed by atoms with Gasteiger partial charge in [-0.15, -0.1) is 0 Å². The van der Waals surface area contributed by atoms with E-state index in [0.717, 1.165) is 16.8 Å². The standard InChI is InChI=1S/C21H17Cl3N2O2/c1-27-21-11-14(12-25-26-16-8-6-15(22)7-9-16)5-10-20(21)28-13-17-18(23)3-2-4-19(17)24/h2-12,26H,13H2,1H3/b25-12+. The summed E-state index contributed by atoms with van der Waals surface area (Å²) in [4.78, 5) is 0. The van der Waals surface area contributed by atoms with Crippen molar-refractivity contribution in [1.29, 1.82) is 0 Å². The first kappa shape index (κ1) is 20.3. The minimum atomic E-state index is 0.237. The van der Waals surface area contributed by atoms with Gasteiger partial charge in [0.2, 0.25) is 0 Å². The first-order valence-corrected chi connectivity index (χ1v) is 9.48. The number of hydrogen-bond donors (Lipinski definition) is 1. The van der Waals surface area contributed by atoms with Crippen molar-refractivity contribution in [3.63, 3.8) is 0 Å². The quantitative estimate of drug-likeness (QED) is 0.332. The Morgan fingerprint density at radius 2 is 1.64 bits per heavy atom. The molecule has 0 aromatic heterocycles. The van der Waals surface area contributed by atoms with E-state index in [1.807, 2.05) is 30.3 Å². The predicted molar refractivity (Wildman–Crippen MR) is 116 cm³/mol. The second-order valence-corrected chi connectivity index (χ2v) is 7.03. The third-order valence-corrected chi connectivity index (χ3v) is 4.83. The molecule has 0 saturated carbocycles. The summed E-state index contributed by atoms with van der Waals surface area (Å²) in [5, 5.41) is 6.01. The maximum atomic E-state index is 6.18. The molecule has 3 aromatic carbocycles. The van der Waals surface area contributed by atoms with Crippen LogP contribution in [-0.4, -0.2) is 13.3 Å². The minimum Gasteiger partial charge on any atom is -0.493 e. The molecule has 4 nitrogen and oxygen atoms in total. The summed E-state index contributed by atoms with van der Waals surface area (Å²) in [6, 6.07) is 18.1. The van der Waals surface area contributed by atoms with Crippen molar-refractivity contribution in [2.75, 3.05) is 12.5 Å². The van der Waals surface area contributed by atoms with E-state index in [4.69, 9.17) is 44.3 Å². The number of rotatable bonds is 7. The van der Waals surface area contributed by atoms with Gasteiger partial charge in [-0.2, -0.15) is 5.10 Å². The number of anilines is 1. The van der Waals surface area contributed by atoms with Crippen LogP contribution in [0, 0.1) is 0 Å². The Kier molecular flexibility index (Phi) is 7.04. The van der Waals surface area contributed by atoms with Crippen LogP contribution < -0.4 is 14.9 Å². The molecule has 144 valence electrons. The van der Waals surface area contributed by atoms with Gasteiger partial charge in [0.05, 0.1) is 19.0 Å². The van der Waals surface area contributed by atoms with Crippen molar-refractivity contribution < 1.29 is 9.47 Å². The molecular weight excluding hydrogens is 419 g/mol. The van der Waals surface area contributed by atoms with Gasteiger partial charge in [0, 0.05) is 20.6 Å². The molecule has 0 aliphatic rings. The molecule has 3 rings (SSSR count). The fraction of sp³-hybridized carbons (Fsp3) is 0.0952. The number of ether oxygens (including phenoxy) is 2. The maximum absolute atomic E-state index is 6.18. The third-order valence-electron chi connectivity index (χ3n) is 3.87. The van der Waals surface area contributed by atoms with Crippen LogP contribution in [0.1, 0.15) is 11.1 Å². The zero-order chi connectivity index (χ0) is 19.9. The number of halogens is 3. The summed E-state index contributed by atoms with van der Waals surface area (Å²) < 4.78 is 11.3. The Morgan fingerprint density at radius 1 is 0.929 bits per heavy atom. The summed E-state index contributed by atoms with van der Waals surface area (Å²) in [6.45, 7) is 0.237. The van der Waals surface area contributed by atoms with Gasteiger partial charge in [-0.3, -0.25) is 5.43 Å². The smallest absolute Gasteiger partial charge is 0.161 e. The van der Waals surface area contributed by atoms with Crippen molar-refractivity contribution >= 4 is 46.7 Å². The Hall–Kier alpha value is -2.40. The van der Waals surface area contributed by atoms with E-state index in [1.54, 1.807) is 43.7 Å². The van der Waals surface area contributed by atoms with E-state index in [-0.39, 0.29) is 6.61 Å². The molecule has 0 fully saturated rings. The van der Waals surface area contributed by atoms with Gasteiger partial charge >= 0.3 is 0 Å². The molecule has 7 heteroatoms. The number of nitrogens with one attached hydrogen (secondary N) is 1. The lowest BCUT2D eigenvalue weighted by atomic mass is 10.2. The number of hydrazone groups is 1. The van der Waals surface area contributed by atoms with E-state index < -0.39 is 0 Å². The summed E-state index contributed by atoms with van der Waals surface area (Å²) >= 11 is 18.2. The number of nitrogens with zero attached hydrogens (tertiary/aromatic N) is 1. The molecule has 0 atom stereocenters. The van der Waals surface area contributed by atoms with E-state index >= 15 is 0 Å². The van der Waals surface area contributed by atoms with Crippen molar-refractivity contribution in [3.05, 3.63) is 86.9 Å². The van der Waals surface area contributed by atoms with Crippen LogP contribution in [0.25, 0.3) is 0 Å². The van der Waals surface area contributed by atoms with Gasteiger partial charge in [-0.25, -0.2) is 0 Å². The SMILES string of the molecule is COc1cc(/C=N/Nc2ccc(Cl)cc2)ccc1OCc1c(Cl)cccc1Cl. The molecule has 0 bridgehead atoms. The van der Waals surface area contributed by atoms with Gasteiger partial charge in [0.1, 0.15) is 6.61 Å². The lowest BCUT2D eigenvalue weighted by Gasteiger charge is -2.13. The average Bonchev–Trinajstić information content (AvgIpc) is 2.69. The van der Waals surface area contributed by atoms with E-state index in [2.05, 4.69) is 10.5 Å². The Bertz CT molecular complexity index is 956. The predicted octanol–water partition coefficient (Wildman–Crippen LogP) is 6.68. The second kappa shape index (κ2) is 9.69. The van der Waals surface area contributed by atoms with Gasteiger partial charge in [0.25, 0.3) is 0 Å². The Morgan fingerprint density at radius 3 is 2.32 bits per heavy atom. The molecule has 0 saturated heterocycles. The Labute approximate surface area is 178 Å². The summed E-state index contributed by atoms with van der Waals surface area (Å²) in [5.41, 5.74) is 5.35. The third kappa shape index (κ3) is 5.32. The van der Waals surface area contributed by atoms with Gasteiger partial charge in [-0.05, 0) is 60.2 Å². The molecular formula is C21H17Cl3N2O2. The maximum Gasteiger partial charge on any atom is 0.161 e. The first-order chi connectivity index (χ1) is 13.6. The molecule has 1 N–H and O–H groups in total. The molecule has 0 heterocycles. The lowest BCUT2D eigenvalue weighted by Crippen LogP contribution is -2.00. The molecule has 0 radical (unpaired) electrons. The van der Waals surface area contributed by atoms with Gasteiger partial charge in [0.15, 0.2) is 11.5 Å². The van der Waals surface area contributed by atoms with Crippen LogP contribution in [0.15, 0.2) is 65.8 Å². The van der Waals surface area contributed by atoms with Crippen LogP contribution in [-0.2, 0) is 6.61 Å². The van der Waals surface area contributed by atoms with Crippen LogP contribution in [0.2, 0.25) is 15.1 Å². The van der Waals surface area contributed by atoms with E-state index in [0.29, 0.717) is 26.6 Å². The molecule has 3 aromatic rings. The van der Waals surface area contributed by atoms with Crippen LogP contribution in [0.5, 0.6) is 11.5 Å². The zero-order valence-corrected chi connectivity index (χ0v) is 17.2. The topological polar surface area (TPSA) is 42.8 Å². The highest BCUT2D eigenvalue weighted by atomic mass is 35.5. The highest BCUT2D eigenvalue weighted by Gasteiger charge is 2.09. The van der Waals surface area contributed by atoms with E-state index in [1.165, 1.54) is 0 Å². The zero-order valence-electron chi connectivity index (χ0n) is 15.0. The van der Waals surface area contributed by atoms with Crippen molar-refractivity contribution in [1.82, 2.24) is 0 Å².